The Hall–Kier alpha value is -0.560. The molecule has 0 aromatic rings. The van der Waals surface area contributed by atoms with Crippen LogP contribution in [-0.4, -0.2) is 39.9 Å². The van der Waals surface area contributed by atoms with Gasteiger partial charge in [0.2, 0.25) is 0 Å². The Labute approximate surface area is 100 Å². The summed E-state index contributed by atoms with van der Waals surface area (Å²) in [6.07, 6.45) is 4.49. The molecule has 16 heavy (non-hydrogen) atoms. The van der Waals surface area contributed by atoms with E-state index in [4.69, 9.17) is 4.74 Å². The van der Waals surface area contributed by atoms with Gasteiger partial charge in [-0.2, -0.15) is 0 Å². The number of nitrogens with one attached hydrogen (secondary N) is 2. The molecule has 0 aliphatic heterocycles. The Kier molecular flexibility index (Phi) is 12.1. The van der Waals surface area contributed by atoms with E-state index in [-0.39, 0.29) is 0 Å². The van der Waals surface area contributed by atoms with E-state index in [1.165, 1.54) is 12.8 Å². The lowest BCUT2D eigenvalue weighted by Gasteiger charge is -2.13. The Balaban J connectivity index is 3.29. The van der Waals surface area contributed by atoms with Crippen molar-refractivity contribution in [3.8, 4) is 11.8 Å². The van der Waals surface area contributed by atoms with Gasteiger partial charge in [0.25, 0.3) is 0 Å². The van der Waals surface area contributed by atoms with Crippen molar-refractivity contribution in [1.29, 1.82) is 0 Å². The highest BCUT2D eigenvalue weighted by molar-refractivity contribution is 4.97. The molecule has 0 radical (unpaired) electrons. The highest BCUT2D eigenvalue weighted by Gasteiger charge is 2.03. The summed E-state index contributed by atoms with van der Waals surface area (Å²) in [7, 11) is 3.95. The largest absolute Gasteiger partial charge is 0.380 e. The minimum Gasteiger partial charge on any atom is -0.380 e. The number of unbranched alkanes of at least 4 members (excludes halogenated alkanes) is 2. The third-order valence-electron chi connectivity index (χ3n) is 2.47. The fourth-order valence-electron chi connectivity index (χ4n) is 1.38. The van der Waals surface area contributed by atoms with E-state index in [0.29, 0.717) is 6.04 Å². The lowest BCUT2D eigenvalue weighted by atomic mass is 10.2. The zero-order valence-corrected chi connectivity index (χ0v) is 10.9. The summed E-state index contributed by atoms with van der Waals surface area (Å²) in [6, 6.07) is 0.366. The van der Waals surface area contributed by atoms with Crippen LogP contribution < -0.4 is 10.6 Å². The van der Waals surface area contributed by atoms with Crippen LogP contribution in [0.15, 0.2) is 0 Å². The van der Waals surface area contributed by atoms with Gasteiger partial charge in [0.05, 0.1) is 6.61 Å². The summed E-state index contributed by atoms with van der Waals surface area (Å²) >= 11 is 0. The SMILES string of the molecule is CC#CCC(COCCCCCNC)NC. The molecule has 0 saturated carbocycles. The van der Waals surface area contributed by atoms with Gasteiger partial charge >= 0.3 is 0 Å². The molecule has 0 spiro atoms. The van der Waals surface area contributed by atoms with Gasteiger partial charge < -0.3 is 15.4 Å². The van der Waals surface area contributed by atoms with E-state index in [9.17, 15) is 0 Å². The molecule has 0 saturated heterocycles. The van der Waals surface area contributed by atoms with Crippen LogP contribution in [0, 0.1) is 11.8 Å². The molecule has 3 nitrogen and oxygen atoms in total. The number of hydrogen-bond donors (Lipinski definition) is 2. The monoisotopic (exact) mass is 226 g/mol. The topological polar surface area (TPSA) is 33.3 Å². The predicted molar refractivity (Wildman–Crippen MR) is 69.5 cm³/mol. The van der Waals surface area contributed by atoms with Crippen LogP contribution >= 0.6 is 0 Å². The molecule has 0 bridgehead atoms. The summed E-state index contributed by atoms with van der Waals surface area (Å²) in [5.41, 5.74) is 0. The van der Waals surface area contributed by atoms with Gasteiger partial charge in [0, 0.05) is 19.1 Å². The first-order valence-corrected chi connectivity index (χ1v) is 6.14. The van der Waals surface area contributed by atoms with Crippen molar-refractivity contribution in [1.82, 2.24) is 10.6 Å². The van der Waals surface area contributed by atoms with Gasteiger partial charge in [-0.25, -0.2) is 0 Å². The van der Waals surface area contributed by atoms with Crippen LogP contribution in [0.1, 0.15) is 32.6 Å². The van der Waals surface area contributed by atoms with Crippen LogP contribution in [0.3, 0.4) is 0 Å². The van der Waals surface area contributed by atoms with Crippen molar-refractivity contribution in [2.24, 2.45) is 0 Å². The van der Waals surface area contributed by atoms with Crippen LogP contribution in [0.5, 0.6) is 0 Å². The molecule has 0 heterocycles. The maximum absolute atomic E-state index is 5.61. The molecule has 0 aliphatic carbocycles. The highest BCUT2D eigenvalue weighted by atomic mass is 16.5. The van der Waals surface area contributed by atoms with E-state index in [1.54, 1.807) is 0 Å². The van der Waals surface area contributed by atoms with Crippen molar-refractivity contribution >= 4 is 0 Å². The van der Waals surface area contributed by atoms with Crippen LogP contribution in [0.2, 0.25) is 0 Å². The highest BCUT2D eigenvalue weighted by Crippen LogP contribution is 1.97. The van der Waals surface area contributed by atoms with Gasteiger partial charge in [-0.1, -0.05) is 0 Å². The fraction of sp³-hybridized carbons (Fsp3) is 0.846. The quantitative estimate of drug-likeness (QED) is 0.436. The molecular formula is C13H26N2O. The van der Waals surface area contributed by atoms with Gasteiger partial charge in [0.15, 0.2) is 0 Å². The fourth-order valence-corrected chi connectivity index (χ4v) is 1.38. The molecule has 0 aromatic heterocycles. The molecular weight excluding hydrogens is 200 g/mol. The standard InChI is InChI=1S/C13H26N2O/c1-4-5-9-13(15-3)12-16-11-8-6-7-10-14-2/h13-15H,6-12H2,1-3H3. The predicted octanol–water partition coefficient (Wildman–Crippen LogP) is 1.39. The summed E-state index contributed by atoms with van der Waals surface area (Å²) < 4.78 is 5.61. The first-order valence-electron chi connectivity index (χ1n) is 6.14. The molecule has 1 atom stereocenters. The van der Waals surface area contributed by atoms with Gasteiger partial charge in [-0.15, -0.1) is 11.8 Å². The molecule has 3 heteroatoms. The average molecular weight is 226 g/mol. The summed E-state index contributed by atoms with van der Waals surface area (Å²) in [5.74, 6) is 5.97. The number of hydrogen-bond acceptors (Lipinski definition) is 3. The normalized spacial score (nSPS) is 11.9. The zero-order valence-electron chi connectivity index (χ0n) is 10.9. The van der Waals surface area contributed by atoms with Crippen LogP contribution in [0.4, 0.5) is 0 Å². The average Bonchev–Trinajstić information content (AvgIpc) is 2.32. The van der Waals surface area contributed by atoms with Crippen molar-refractivity contribution in [3.63, 3.8) is 0 Å². The van der Waals surface area contributed by atoms with Gasteiger partial charge in [0.1, 0.15) is 0 Å². The van der Waals surface area contributed by atoms with Gasteiger partial charge in [-0.05, 0) is 46.8 Å². The Morgan fingerprint density at radius 2 is 2.00 bits per heavy atom. The van der Waals surface area contributed by atoms with E-state index >= 15 is 0 Å². The van der Waals surface area contributed by atoms with Crippen molar-refractivity contribution < 1.29 is 4.74 Å². The third kappa shape index (κ3) is 9.97. The Morgan fingerprint density at radius 1 is 1.19 bits per heavy atom. The second-order valence-corrected chi connectivity index (χ2v) is 3.86. The van der Waals surface area contributed by atoms with E-state index < -0.39 is 0 Å². The summed E-state index contributed by atoms with van der Waals surface area (Å²) in [6.45, 7) is 4.60. The van der Waals surface area contributed by atoms with Gasteiger partial charge in [-0.3, -0.25) is 0 Å². The number of likely N-dealkylation sites (N-methyl/N-ethyl adjacent to an activating group) is 1. The maximum atomic E-state index is 5.61. The second kappa shape index (κ2) is 12.5. The molecule has 1 unspecified atom stereocenters. The van der Waals surface area contributed by atoms with E-state index in [2.05, 4.69) is 22.5 Å². The van der Waals surface area contributed by atoms with Crippen molar-refractivity contribution in [3.05, 3.63) is 0 Å². The first kappa shape index (κ1) is 15.4. The maximum Gasteiger partial charge on any atom is 0.0628 e. The second-order valence-electron chi connectivity index (χ2n) is 3.86. The molecule has 0 aliphatic rings. The molecule has 2 N–H and O–H groups in total. The number of rotatable bonds is 10. The molecule has 0 aromatic carbocycles. The summed E-state index contributed by atoms with van der Waals surface area (Å²) in [5, 5.41) is 6.35. The Bertz CT molecular complexity index is 196. The third-order valence-corrected chi connectivity index (χ3v) is 2.47. The van der Waals surface area contributed by atoms with Crippen LogP contribution in [0.25, 0.3) is 0 Å². The lowest BCUT2D eigenvalue weighted by Crippen LogP contribution is -2.30. The molecule has 0 fully saturated rings. The first-order chi connectivity index (χ1) is 7.85. The molecule has 0 rings (SSSR count). The molecule has 94 valence electrons. The smallest absolute Gasteiger partial charge is 0.0628 e. The lowest BCUT2D eigenvalue weighted by molar-refractivity contribution is 0.111. The summed E-state index contributed by atoms with van der Waals surface area (Å²) in [4.78, 5) is 0. The Morgan fingerprint density at radius 3 is 2.62 bits per heavy atom. The minimum atomic E-state index is 0.366. The number of ether oxygens (including phenoxy) is 1. The minimum absolute atomic E-state index is 0.366. The zero-order chi connectivity index (χ0) is 12.1. The molecule has 0 amide bonds. The van der Waals surface area contributed by atoms with Crippen LogP contribution in [-0.2, 0) is 4.74 Å². The van der Waals surface area contributed by atoms with Crippen molar-refractivity contribution in [2.45, 2.75) is 38.6 Å². The van der Waals surface area contributed by atoms with E-state index in [1.807, 2.05) is 21.0 Å². The van der Waals surface area contributed by atoms with E-state index in [0.717, 1.165) is 32.6 Å². The van der Waals surface area contributed by atoms with Crippen molar-refractivity contribution in [2.75, 3.05) is 33.9 Å².